The number of likely N-dealkylation sites (tertiary alicyclic amines) is 2. The second kappa shape index (κ2) is 10.2. The van der Waals surface area contributed by atoms with Gasteiger partial charge in [-0.2, -0.15) is 0 Å². The van der Waals surface area contributed by atoms with E-state index in [-0.39, 0.29) is 11.8 Å². The summed E-state index contributed by atoms with van der Waals surface area (Å²) < 4.78 is 2.08. The molecule has 0 bridgehead atoms. The van der Waals surface area contributed by atoms with Gasteiger partial charge in [0.15, 0.2) is 0 Å². The molecule has 6 nitrogen and oxygen atoms in total. The van der Waals surface area contributed by atoms with Gasteiger partial charge < -0.3 is 14.8 Å². The molecule has 1 aromatic carbocycles. The van der Waals surface area contributed by atoms with Gasteiger partial charge >= 0.3 is 0 Å². The summed E-state index contributed by atoms with van der Waals surface area (Å²) in [6, 6.07) is 10.4. The van der Waals surface area contributed by atoms with Crippen LogP contribution in [0.25, 0.3) is 0 Å². The second-order valence-electron chi connectivity index (χ2n) is 8.98. The first kappa shape index (κ1) is 21.1. The Morgan fingerprint density at radius 3 is 2.67 bits per heavy atom. The maximum absolute atomic E-state index is 13.0. The molecule has 0 unspecified atom stereocenters. The summed E-state index contributed by atoms with van der Waals surface area (Å²) in [5, 5.41) is 3.21. The quantitative estimate of drug-likeness (QED) is 0.727. The van der Waals surface area contributed by atoms with Crippen LogP contribution in [0.3, 0.4) is 0 Å². The number of benzene rings is 1. The van der Waals surface area contributed by atoms with E-state index in [2.05, 4.69) is 48.9 Å². The Kier molecular flexibility index (Phi) is 7.18. The van der Waals surface area contributed by atoms with E-state index in [4.69, 9.17) is 0 Å². The molecular formula is C24H35N5O. The highest BCUT2D eigenvalue weighted by atomic mass is 16.1. The molecule has 162 valence electrons. The number of aryl methyl sites for hydroxylation is 1. The summed E-state index contributed by atoms with van der Waals surface area (Å²) in [4.78, 5) is 22.5. The minimum Gasteiger partial charge on any atom is -0.355 e. The van der Waals surface area contributed by atoms with E-state index in [1.165, 1.54) is 31.5 Å². The van der Waals surface area contributed by atoms with Crippen LogP contribution >= 0.6 is 0 Å². The maximum atomic E-state index is 13.0. The lowest BCUT2D eigenvalue weighted by molar-refractivity contribution is -0.127. The predicted octanol–water partition coefficient (Wildman–Crippen LogP) is 2.31. The first-order chi connectivity index (χ1) is 14.7. The van der Waals surface area contributed by atoms with Gasteiger partial charge in [-0.05, 0) is 50.3 Å². The third-order valence-electron chi connectivity index (χ3n) is 6.54. The molecule has 2 aliphatic rings. The minimum absolute atomic E-state index is 0.0578. The van der Waals surface area contributed by atoms with Crippen LogP contribution in [0, 0.1) is 11.8 Å². The van der Waals surface area contributed by atoms with E-state index >= 15 is 0 Å². The fourth-order valence-corrected chi connectivity index (χ4v) is 4.95. The van der Waals surface area contributed by atoms with E-state index in [1.54, 1.807) is 0 Å². The third kappa shape index (κ3) is 5.70. The monoisotopic (exact) mass is 409 g/mol. The standard InChI is InChI=1S/C24H35N5O/c1-27-14-11-25-23(27)19-29-17-21(16-28-12-5-6-13-28)15-22(18-29)24(30)26-10-9-20-7-3-2-4-8-20/h2-4,7-8,11,14,21-22H,5-6,9-10,12-13,15-19H2,1H3,(H,26,30)/t21-,22-/m1/s1. The number of nitrogens with one attached hydrogen (secondary N) is 1. The molecule has 0 radical (unpaired) electrons. The molecule has 0 spiro atoms. The van der Waals surface area contributed by atoms with Crippen LogP contribution in [0.2, 0.25) is 0 Å². The molecule has 0 aliphatic carbocycles. The number of carbonyl (C=O) groups is 1. The van der Waals surface area contributed by atoms with Crippen molar-refractivity contribution in [2.75, 3.05) is 39.3 Å². The van der Waals surface area contributed by atoms with Crippen molar-refractivity contribution in [3.63, 3.8) is 0 Å². The van der Waals surface area contributed by atoms with Crippen LogP contribution in [0.1, 0.15) is 30.7 Å². The number of nitrogens with zero attached hydrogens (tertiary/aromatic N) is 4. The van der Waals surface area contributed by atoms with Gasteiger partial charge in [-0.25, -0.2) is 4.98 Å². The first-order valence-electron chi connectivity index (χ1n) is 11.4. The van der Waals surface area contributed by atoms with Crippen molar-refractivity contribution in [3.05, 3.63) is 54.1 Å². The molecule has 2 aliphatic heterocycles. The average molecular weight is 410 g/mol. The molecule has 2 atom stereocenters. The van der Waals surface area contributed by atoms with Gasteiger partial charge in [0.1, 0.15) is 5.82 Å². The Balaban J connectivity index is 1.35. The lowest BCUT2D eigenvalue weighted by Crippen LogP contribution is -2.48. The molecule has 2 saturated heterocycles. The van der Waals surface area contributed by atoms with Gasteiger partial charge in [0, 0.05) is 45.6 Å². The molecule has 3 heterocycles. The highest BCUT2D eigenvalue weighted by Gasteiger charge is 2.33. The maximum Gasteiger partial charge on any atom is 0.224 e. The fourth-order valence-electron chi connectivity index (χ4n) is 4.95. The van der Waals surface area contributed by atoms with Gasteiger partial charge in [-0.1, -0.05) is 30.3 Å². The van der Waals surface area contributed by atoms with Crippen LogP contribution < -0.4 is 5.32 Å². The van der Waals surface area contributed by atoms with Crippen molar-refractivity contribution in [2.45, 2.75) is 32.2 Å². The van der Waals surface area contributed by atoms with Crippen LogP contribution in [0.5, 0.6) is 0 Å². The highest BCUT2D eigenvalue weighted by Crippen LogP contribution is 2.25. The number of hydrogen-bond donors (Lipinski definition) is 1. The molecule has 30 heavy (non-hydrogen) atoms. The van der Waals surface area contributed by atoms with Crippen LogP contribution in [0.4, 0.5) is 0 Å². The molecule has 2 aromatic rings. The zero-order chi connectivity index (χ0) is 20.8. The number of carbonyl (C=O) groups excluding carboxylic acids is 1. The summed E-state index contributed by atoms with van der Waals surface area (Å²) in [6.07, 6.45) is 8.35. The summed E-state index contributed by atoms with van der Waals surface area (Å²) in [7, 11) is 2.04. The number of rotatable bonds is 8. The minimum atomic E-state index is 0.0578. The molecule has 1 aromatic heterocycles. The van der Waals surface area contributed by atoms with Gasteiger partial charge in [0.05, 0.1) is 12.5 Å². The third-order valence-corrected chi connectivity index (χ3v) is 6.54. The van der Waals surface area contributed by atoms with E-state index in [0.29, 0.717) is 12.5 Å². The number of hydrogen-bond acceptors (Lipinski definition) is 4. The van der Waals surface area contributed by atoms with E-state index in [1.807, 2.05) is 25.5 Å². The van der Waals surface area contributed by atoms with E-state index in [0.717, 1.165) is 44.8 Å². The zero-order valence-electron chi connectivity index (χ0n) is 18.2. The van der Waals surface area contributed by atoms with Crippen molar-refractivity contribution in [3.8, 4) is 0 Å². The Morgan fingerprint density at radius 2 is 1.93 bits per heavy atom. The van der Waals surface area contributed by atoms with Gasteiger partial charge in [0.25, 0.3) is 0 Å². The van der Waals surface area contributed by atoms with Crippen molar-refractivity contribution in [1.29, 1.82) is 0 Å². The zero-order valence-corrected chi connectivity index (χ0v) is 18.2. The molecule has 0 saturated carbocycles. The van der Waals surface area contributed by atoms with Crippen LogP contribution in [-0.2, 0) is 24.8 Å². The summed E-state index contributed by atoms with van der Waals surface area (Å²) >= 11 is 0. The Labute approximate surface area is 180 Å². The largest absolute Gasteiger partial charge is 0.355 e. The van der Waals surface area contributed by atoms with Gasteiger partial charge in [-0.3, -0.25) is 9.69 Å². The van der Waals surface area contributed by atoms with Crippen molar-refractivity contribution in [1.82, 2.24) is 24.7 Å². The smallest absolute Gasteiger partial charge is 0.224 e. The SMILES string of the molecule is Cn1ccnc1CN1C[C@@H](CN2CCCC2)C[C@@H](C(=O)NCCc2ccccc2)C1. The van der Waals surface area contributed by atoms with Gasteiger partial charge in [0.2, 0.25) is 5.91 Å². The lowest BCUT2D eigenvalue weighted by Gasteiger charge is -2.38. The topological polar surface area (TPSA) is 53.4 Å². The lowest BCUT2D eigenvalue weighted by atomic mass is 9.88. The average Bonchev–Trinajstić information content (AvgIpc) is 3.40. The van der Waals surface area contributed by atoms with Crippen molar-refractivity contribution in [2.24, 2.45) is 18.9 Å². The summed E-state index contributed by atoms with van der Waals surface area (Å²) in [5.74, 6) is 1.88. The van der Waals surface area contributed by atoms with Crippen LogP contribution in [0.15, 0.2) is 42.7 Å². The summed E-state index contributed by atoms with van der Waals surface area (Å²) in [5.41, 5.74) is 1.27. The van der Waals surface area contributed by atoms with Crippen LogP contribution in [-0.4, -0.2) is 64.5 Å². The van der Waals surface area contributed by atoms with E-state index in [9.17, 15) is 4.79 Å². The van der Waals surface area contributed by atoms with Crippen molar-refractivity contribution < 1.29 is 4.79 Å². The van der Waals surface area contributed by atoms with Crippen molar-refractivity contribution >= 4 is 5.91 Å². The second-order valence-corrected chi connectivity index (χ2v) is 8.98. The molecule has 6 heteroatoms. The molecule has 1 amide bonds. The molecule has 1 N–H and O–H groups in total. The normalized spacial score (nSPS) is 23.0. The number of aromatic nitrogens is 2. The molecule has 2 fully saturated rings. The Morgan fingerprint density at radius 1 is 1.13 bits per heavy atom. The first-order valence-corrected chi connectivity index (χ1v) is 11.4. The number of amides is 1. The predicted molar refractivity (Wildman–Crippen MR) is 119 cm³/mol. The summed E-state index contributed by atoms with van der Waals surface area (Å²) in [6.45, 7) is 6.93. The fraction of sp³-hybridized carbons (Fsp3) is 0.583. The highest BCUT2D eigenvalue weighted by molar-refractivity contribution is 5.79. The van der Waals surface area contributed by atoms with Gasteiger partial charge in [-0.15, -0.1) is 0 Å². The number of imidazole rings is 1. The Hall–Kier alpha value is -2.18. The molecule has 4 rings (SSSR count). The Bertz CT molecular complexity index is 799. The number of piperidine rings is 1. The molecular weight excluding hydrogens is 374 g/mol. The van der Waals surface area contributed by atoms with E-state index < -0.39 is 0 Å².